The molecule has 8 nitrogen and oxygen atoms in total. The minimum absolute atomic E-state index is 0.240. The van der Waals surface area contributed by atoms with Crippen molar-refractivity contribution in [2.45, 2.75) is 39.2 Å². The van der Waals surface area contributed by atoms with Crippen molar-refractivity contribution in [3.8, 4) is 34.1 Å². The van der Waals surface area contributed by atoms with Crippen LogP contribution >= 0.6 is 0 Å². The number of benzene rings is 1. The molecule has 0 N–H and O–H groups in total. The van der Waals surface area contributed by atoms with Crippen LogP contribution in [-0.2, 0) is 13.0 Å². The molecule has 3 aromatic heterocycles. The lowest BCUT2D eigenvalue weighted by Crippen LogP contribution is -2.03. The Morgan fingerprint density at radius 1 is 1.00 bits per heavy atom. The number of rotatable bonds is 2. The summed E-state index contributed by atoms with van der Waals surface area (Å²) in [5.74, 6) is 3.35. The van der Waals surface area contributed by atoms with Crippen LogP contribution in [0.15, 0.2) is 28.8 Å². The molecule has 1 aromatic carbocycles. The van der Waals surface area contributed by atoms with Gasteiger partial charge in [-0.3, -0.25) is 0 Å². The van der Waals surface area contributed by atoms with Crippen LogP contribution in [0, 0.1) is 6.92 Å². The fourth-order valence-electron chi connectivity index (χ4n) is 4.16. The Hall–Kier alpha value is -3.42. The lowest BCUT2D eigenvalue weighted by molar-refractivity contribution is 0.174. The molecule has 2 aliphatic rings. The molecule has 29 heavy (non-hydrogen) atoms. The Bertz CT molecular complexity index is 1240. The molecule has 0 radical (unpaired) electrons. The fourth-order valence-corrected chi connectivity index (χ4v) is 4.16. The number of hydrogen-bond acceptors (Lipinski definition) is 7. The molecule has 0 amide bonds. The van der Waals surface area contributed by atoms with Gasteiger partial charge in [0.05, 0.1) is 16.8 Å². The van der Waals surface area contributed by atoms with Crippen LogP contribution in [0.2, 0.25) is 0 Å². The van der Waals surface area contributed by atoms with Gasteiger partial charge in [-0.25, -0.2) is 4.98 Å². The molecular weight excluding hydrogens is 370 g/mol. The minimum Gasteiger partial charge on any atom is -0.454 e. The zero-order valence-electron chi connectivity index (χ0n) is 16.0. The van der Waals surface area contributed by atoms with Crippen molar-refractivity contribution in [3.05, 3.63) is 35.8 Å². The zero-order chi connectivity index (χ0) is 19.4. The van der Waals surface area contributed by atoms with Crippen molar-refractivity contribution in [2.75, 3.05) is 6.79 Å². The lowest BCUT2D eigenvalue weighted by Gasteiger charge is -2.10. The molecule has 146 valence electrons. The molecule has 0 atom stereocenters. The van der Waals surface area contributed by atoms with Gasteiger partial charge in [0.15, 0.2) is 17.3 Å². The standard InChI is InChI=1S/C21H19N5O3/c1-12-19-14(20-24-23-18-5-3-2-4-8-26(18)20)10-15(22-21(19)29-25-12)13-6-7-16-17(9-13)28-11-27-16/h6-7,9-10H,2-5,8,11H2,1H3. The fraction of sp³-hybridized carbons (Fsp3) is 0.333. The third-order valence-electron chi connectivity index (χ3n) is 5.64. The summed E-state index contributed by atoms with van der Waals surface area (Å²) >= 11 is 0. The molecule has 0 saturated heterocycles. The second-order valence-electron chi connectivity index (χ2n) is 7.47. The molecule has 0 unspecified atom stereocenters. The third-order valence-corrected chi connectivity index (χ3v) is 5.64. The highest BCUT2D eigenvalue weighted by molar-refractivity contribution is 5.94. The Labute approximate surface area is 166 Å². The first-order valence-electron chi connectivity index (χ1n) is 9.87. The highest BCUT2D eigenvalue weighted by atomic mass is 16.7. The predicted molar refractivity (Wildman–Crippen MR) is 105 cm³/mol. The molecule has 4 aromatic rings. The smallest absolute Gasteiger partial charge is 0.259 e. The maximum absolute atomic E-state index is 5.54. The Morgan fingerprint density at radius 2 is 1.93 bits per heavy atom. The van der Waals surface area contributed by atoms with Crippen LogP contribution in [0.5, 0.6) is 11.5 Å². The van der Waals surface area contributed by atoms with Crippen LogP contribution in [0.1, 0.15) is 30.8 Å². The summed E-state index contributed by atoms with van der Waals surface area (Å²) in [4.78, 5) is 4.71. The van der Waals surface area contributed by atoms with E-state index < -0.39 is 0 Å². The first-order valence-corrected chi connectivity index (χ1v) is 9.87. The average Bonchev–Trinajstić information content (AvgIpc) is 3.42. The van der Waals surface area contributed by atoms with Crippen LogP contribution in [0.3, 0.4) is 0 Å². The second-order valence-corrected chi connectivity index (χ2v) is 7.47. The molecule has 0 aliphatic carbocycles. The Morgan fingerprint density at radius 3 is 2.90 bits per heavy atom. The van der Waals surface area contributed by atoms with E-state index >= 15 is 0 Å². The number of aryl methyl sites for hydroxylation is 2. The van der Waals surface area contributed by atoms with Crippen LogP contribution in [0.25, 0.3) is 33.7 Å². The summed E-state index contributed by atoms with van der Waals surface area (Å²) in [6.45, 7) is 3.09. The van der Waals surface area contributed by atoms with E-state index in [1.165, 1.54) is 6.42 Å². The summed E-state index contributed by atoms with van der Waals surface area (Å²) < 4.78 is 18.7. The van der Waals surface area contributed by atoms with Crippen LogP contribution < -0.4 is 9.47 Å². The van der Waals surface area contributed by atoms with Gasteiger partial charge in [0, 0.05) is 24.1 Å². The minimum atomic E-state index is 0.240. The van der Waals surface area contributed by atoms with E-state index in [1.54, 1.807) is 0 Å². The Balaban J connectivity index is 1.57. The molecule has 6 rings (SSSR count). The summed E-state index contributed by atoms with van der Waals surface area (Å²) in [6, 6.07) is 7.86. The van der Waals surface area contributed by atoms with Crippen molar-refractivity contribution in [1.29, 1.82) is 0 Å². The molecule has 8 heteroatoms. The van der Waals surface area contributed by atoms with E-state index in [0.717, 1.165) is 76.9 Å². The number of fused-ring (bicyclic) bond motifs is 3. The topological polar surface area (TPSA) is 88.1 Å². The number of nitrogens with zero attached hydrogens (tertiary/aromatic N) is 5. The van der Waals surface area contributed by atoms with Crippen molar-refractivity contribution >= 4 is 11.1 Å². The first-order chi connectivity index (χ1) is 14.3. The SMILES string of the molecule is Cc1noc2nc(-c3ccc4c(c3)OCO4)cc(-c3nnc4n3CCCCC4)c12. The van der Waals surface area contributed by atoms with Crippen molar-refractivity contribution < 1.29 is 14.0 Å². The highest BCUT2D eigenvalue weighted by Gasteiger charge is 2.23. The Kier molecular flexibility index (Phi) is 3.59. The van der Waals surface area contributed by atoms with Crippen molar-refractivity contribution in [3.63, 3.8) is 0 Å². The third kappa shape index (κ3) is 2.59. The summed E-state index contributed by atoms with van der Waals surface area (Å²) in [5, 5.41) is 14.0. The lowest BCUT2D eigenvalue weighted by atomic mass is 10.0. The van der Waals surface area contributed by atoms with E-state index in [1.807, 2.05) is 31.2 Å². The van der Waals surface area contributed by atoms with Gasteiger partial charge in [0.2, 0.25) is 6.79 Å². The van der Waals surface area contributed by atoms with Crippen LogP contribution in [-0.4, -0.2) is 31.7 Å². The van der Waals surface area contributed by atoms with Crippen LogP contribution in [0.4, 0.5) is 0 Å². The van der Waals surface area contributed by atoms with Crippen molar-refractivity contribution in [1.82, 2.24) is 24.9 Å². The number of pyridine rings is 1. The van der Waals surface area contributed by atoms with E-state index in [-0.39, 0.29) is 6.79 Å². The maximum Gasteiger partial charge on any atom is 0.259 e. The first kappa shape index (κ1) is 16.5. The van der Waals surface area contributed by atoms with Gasteiger partial charge in [0.1, 0.15) is 5.82 Å². The van der Waals surface area contributed by atoms with Gasteiger partial charge in [0.25, 0.3) is 5.71 Å². The largest absolute Gasteiger partial charge is 0.454 e. The molecule has 5 heterocycles. The second kappa shape index (κ2) is 6.30. The molecule has 0 saturated carbocycles. The van der Waals surface area contributed by atoms with E-state index in [0.29, 0.717) is 5.71 Å². The number of ether oxygens (including phenoxy) is 2. The summed E-state index contributed by atoms with van der Waals surface area (Å²) in [6.07, 6.45) is 4.45. The van der Waals surface area contributed by atoms with E-state index in [2.05, 4.69) is 19.9 Å². The quantitative estimate of drug-likeness (QED) is 0.513. The number of aromatic nitrogens is 5. The average molecular weight is 389 g/mol. The van der Waals surface area contributed by atoms with Gasteiger partial charge in [-0.05, 0) is 44.0 Å². The molecule has 0 fully saturated rings. The van der Waals surface area contributed by atoms with E-state index in [9.17, 15) is 0 Å². The summed E-state index contributed by atoms with van der Waals surface area (Å²) in [5.41, 5.74) is 3.93. The van der Waals surface area contributed by atoms with Gasteiger partial charge in [-0.1, -0.05) is 11.6 Å². The molecular formula is C21H19N5O3. The monoisotopic (exact) mass is 389 g/mol. The molecule has 2 aliphatic heterocycles. The predicted octanol–water partition coefficient (Wildman–Crippen LogP) is 3.91. The summed E-state index contributed by atoms with van der Waals surface area (Å²) in [7, 11) is 0. The normalized spacial score (nSPS) is 15.5. The molecule has 0 spiro atoms. The van der Waals surface area contributed by atoms with E-state index in [4.69, 9.17) is 19.0 Å². The molecule has 0 bridgehead atoms. The van der Waals surface area contributed by atoms with Gasteiger partial charge in [-0.2, -0.15) is 0 Å². The van der Waals surface area contributed by atoms with Gasteiger partial charge < -0.3 is 18.6 Å². The van der Waals surface area contributed by atoms with Crippen molar-refractivity contribution in [2.24, 2.45) is 0 Å². The zero-order valence-corrected chi connectivity index (χ0v) is 16.0. The maximum atomic E-state index is 5.54. The number of hydrogen-bond donors (Lipinski definition) is 0. The van der Waals surface area contributed by atoms with Gasteiger partial charge >= 0.3 is 0 Å². The highest BCUT2D eigenvalue weighted by Crippen LogP contribution is 2.38. The van der Waals surface area contributed by atoms with Gasteiger partial charge in [-0.15, -0.1) is 10.2 Å².